The lowest BCUT2D eigenvalue weighted by Crippen LogP contribution is -2.37. The Morgan fingerprint density at radius 2 is 2.16 bits per heavy atom. The van der Waals surface area contributed by atoms with Gasteiger partial charge in [-0.1, -0.05) is 25.1 Å². The van der Waals surface area contributed by atoms with Gasteiger partial charge in [-0.15, -0.1) is 0 Å². The molecule has 0 saturated carbocycles. The van der Waals surface area contributed by atoms with Gasteiger partial charge in [-0.25, -0.2) is 0 Å². The lowest BCUT2D eigenvalue weighted by atomic mass is 9.99. The molecule has 2 atom stereocenters. The van der Waals surface area contributed by atoms with E-state index in [2.05, 4.69) is 0 Å². The fourth-order valence-corrected chi connectivity index (χ4v) is 2.21. The molecule has 0 radical (unpaired) electrons. The van der Waals surface area contributed by atoms with E-state index in [0.717, 1.165) is 11.3 Å². The maximum atomic E-state index is 12.3. The Morgan fingerprint density at radius 1 is 1.47 bits per heavy atom. The van der Waals surface area contributed by atoms with E-state index in [1.54, 1.807) is 14.0 Å². The van der Waals surface area contributed by atoms with Crippen molar-refractivity contribution in [2.24, 2.45) is 5.92 Å². The molecule has 1 aromatic rings. The summed E-state index contributed by atoms with van der Waals surface area (Å²) >= 11 is 0. The van der Waals surface area contributed by atoms with Gasteiger partial charge in [0.2, 0.25) is 5.91 Å². The van der Waals surface area contributed by atoms with E-state index in [9.17, 15) is 9.59 Å². The van der Waals surface area contributed by atoms with Gasteiger partial charge in [0.05, 0.1) is 5.92 Å². The van der Waals surface area contributed by atoms with Crippen LogP contribution in [0.1, 0.15) is 18.4 Å². The van der Waals surface area contributed by atoms with E-state index in [1.165, 1.54) is 4.90 Å². The van der Waals surface area contributed by atoms with Crippen LogP contribution in [0.4, 0.5) is 0 Å². The molecule has 0 fully saturated rings. The highest BCUT2D eigenvalue weighted by Gasteiger charge is 2.32. The van der Waals surface area contributed by atoms with Crippen molar-refractivity contribution in [2.45, 2.75) is 12.8 Å². The lowest BCUT2D eigenvalue weighted by Gasteiger charge is -2.22. The number of rotatable bonds is 4. The van der Waals surface area contributed by atoms with Crippen molar-refractivity contribution >= 4 is 11.9 Å². The first-order chi connectivity index (χ1) is 9.00. The zero-order valence-corrected chi connectivity index (χ0v) is 11.0. The van der Waals surface area contributed by atoms with Gasteiger partial charge in [0.1, 0.15) is 18.3 Å². The number of fused-ring (bicyclic) bond motifs is 1. The normalized spacial score (nSPS) is 18.3. The van der Waals surface area contributed by atoms with Crippen LogP contribution >= 0.6 is 0 Å². The smallest absolute Gasteiger partial charge is 0.308 e. The number of carboxylic acids is 1. The molecule has 1 heterocycles. The van der Waals surface area contributed by atoms with Crippen LogP contribution in [0.25, 0.3) is 0 Å². The van der Waals surface area contributed by atoms with Crippen LogP contribution in [-0.2, 0) is 9.59 Å². The third-order valence-corrected chi connectivity index (χ3v) is 3.34. The van der Waals surface area contributed by atoms with E-state index < -0.39 is 11.9 Å². The van der Waals surface area contributed by atoms with Crippen LogP contribution < -0.4 is 4.74 Å². The van der Waals surface area contributed by atoms with Gasteiger partial charge in [0.15, 0.2) is 0 Å². The Labute approximate surface area is 111 Å². The number of nitrogens with zero attached hydrogens (tertiary/aromatic N) is 1. The van der Waals surface area contributed by atoms with E-state index in [-0.39, 0.29) is 18.4 Å². The molecular formula is C14H17NO4. The van der Waals surface area contributed by atoms with Crippen molar-refractivity contribution in [3.8, 4) is 5.75 Å². The first kappa shape index (κ1) is 13.4. The SMILES string of the molecule is C[C@@H](CN(C)C(=O)[C@@H]1COc2ccccc21)C(=O)O. The maximum Gasteiger partial charge on any atom is 0.308 e. The molecular weight excluding hydrogens is 246 g/mol. The second-order valence-electron chi connectivity index (χ2n) is 4.86. The molecule has 2 rings (SSSR count). The lowest BCUT2D eigenvalue weighted by molar-refractivity contribution is -0.142. The number of likely N-dealkylation sites (N-methyl/N-ethyl adjacent to an activating group) is 1. The van der Waals surface area contributed by atoms with E-state index in [1.807, 2.05) is 24.3 Å². The van der Waals surface area contributed by atoms with Crippen molar-refractivity contribution in [3.05, 3.63) is 29.8 Å². The minimum Gasteiger partial charge on any atom is -0.492 e. The third kappa shape index (κ3) is 2.70. The Kier molecular flexibility index (Phi) is 3.74. The highest BCUT2D eigenvalue weighted by Crippen LogP contribution is 2.34. The zero-order valence-electron chi connectivity index (χ0n) is 11.0. The van der Waals surface area contributed by atoms with E-state index in [0.29, 0.717) is 6.61 Å². The summed E-state index contributed by atoms with van der Waals surface area (Å²) in [6.07, 6.45) is 0. The molecule has 102 valence electrons. The molecule has 1 aliphatic heterocycles. The number of para-hydroxylation sites is 1. The first-order valence-corrected chi connectivity index (χ1v) is 6.20. The number of amides is 1. The van der Waals surface area contributed by atoms with Crippen molar-refractivity contribution in [1.82, 2.24) is 4.90 Å². The quantitative estimate of drug-likeness (QED) is 0.890. The Bertz CT molecular complexity index is 500. The number of ether oxygens (including phenoxy) is 1. The Morgan fingerprint density at radius 3 is 2.84 bits per heavy atom. The van der Waals surface area contributed by atoms with Gasteiger partial charge in [-0.2, -0.15) is 0 Å². The number of hydrogen-bond donors (Lipinski definition) is 1. The summed E-state index contributed by atoms with van der Waals surface area (Å²) < 4.78 is 5.47. The monoisotopic (exact) mass is 263 g/mol. The minimum atomic E-state index is -0.900. The largest absolute Gasteiger partial charge is 0.492 e. The molecule has 0 unspecified atom stereocenters. The van der Waals surface area contributed by atoms with Gasteiger partial charge < -0.3 is 14.7 Å². The number of hydrogen-bond acceptors (Lipinski definition) is 3. The third-order valence-electron chi connectivity index (χ3n) is 3.34. The molecule has 5 heteroatoms. The van der Waals surface area contributed by atoms with Crippen molar-refractivity contribution in [2.75, 3.05) is 20.2 Å². The van der Waals surface area contributed by atoms with Crippen LogP contribution in [0.5, 0.6) is 5.75 Å². The number of benzene rings is 1. The maximum absolute atomic E-state index is 12.3. The molecule has 0 spiro atoms. The summed E-state index contributed by atoms with van der Waals surface area (Å²) in [6, 6.07) is 7.44. The fraction of sp³-hybridized carbons (Fsp3) is 0.429. The van der Waals surface area contributed by atoms with Crippen LogP contribution in [0.15, 0.2) is 24.3 Å². The second kappa shape index (κ2) is 5.30. The number of aliphatic carboxylic acids is 1. The van der Waals surface area contributed by atoms with Gasteiger partial charge in [0.25, 0.3) is 0 Å². The number of carbonyl (C=O) groups is 2. The van der Waals surface area contributed by atoms with Crippen molar-refractivity contribution in [1.29, 1.82) is 0 Å². The molecule has 0 aromatic heterocycles. The average molecular weight is 263 g/mol. The van der Waals surface area contributed by atoms with Crippen LogP contribution in [0, 0.1) is 5.92 Å². The Hall–Kier alpha value is -2.04. The molecule has 5 nitrogen and oxygen atoms in total. The molecule has 0 bridgehead atoms. The summed E-state index contributed by atoms with van der Waals surface area (Å²) in [7, 11) is 1.63. The minimum absolute atomic E-state index is 0.0990. The Balaban J connectivity index is 2.07. The highest BCUT2D eigenvalue weighted by molar-refractivity contribution is 5.85. The molecule has 1 aromatic carbocycles. The number of carbonyl (C=O) groups excluding carboxylic acids is 1. The molecule has 0 saturated heterocycles. The van der Waals surface area contributed by atoms with Crippen molar-refractivity contribution in [3.63, 3.8) is 0 Å². The van der Waals surface area contributed by atoms with E-state index >= 15 is 0 Å². The predicted octanol–water partition coefficient (Wildman–Crippen LogP) is 1.34. The van der Waals surface area contributed by atoms with Crippen LogP contribution in [-0.4, -0.2) is 42.1 Å². The summed E-state index contributed by atoms with van der Waals surface area (Å²) in [5.41, 5.74) is 0.877. The van der Waals surface area contributed by atoms with Gasteiger partial charge in [-0.3, -0.25) is 9.59 Å². The summed E-state index contributed by atoms with van der Waals surface area (Å²) in [4.78, 5) is 24.6. The van der Waals surface area contributed by atoms with Crippen LogP contribution in [0.3, 0.4) is 0 Å². The van der Waals surface area contributed by atoms with Gasteiger partial charge in [0, 0.05) is 19.2 Å². The summed E-state index contributed by atoms with van der Waals surface area (Å²) in [5.74, 6) is -1.17. The molecule has 1 amide bonds. The standard InChI is InChI=1S/C14H17NO4/c1-9(14(17)18)7-15(2)13(16)11-8-19-12-6-4-3-5-10(11)12/h3-6,9,11H,7-8H2,1-2H3,(H,17,18)/t9-,11+/m0/s1. The van der Waals surface area contributed by atoms with Gasteiger partial charge >= 0.3 is 5.97 Å². The fourth-order valence-electron chi connectivity index (χ4n) is 2.21. The number of carboxylic acid groups (broad SMARTS) is 1. The highest BCUT2D eigenvalue weighted by atomic mass is 16.5. The molecule has 0 aliphatic carbocycles. The average Bonchev–Trinajstić information content (AvgIpc) is 2.81. The van der Waals surface area contributed by atoms with Gasteiger partial charge in [-0.05, 0) is 6.07 Å². The van der Waals surface area contributed by atoms with E-state index in [4.69, 9.17) is 9.84 Å². The van der Waals surface area contributed by atoms with Crippen LogP contribution in [0.2, 0.25) is 0 Å². The topological polar surface area (TPSA) is 66.8 Å². The molecule has 1 N–H and O–H groups in total. The second-order valence-corrected chi connectivity index (χ2v) is 4.86. The summed E-state index contributed by atoms with van der Waals surface area (Å²) in [5, 5.41) is 8.87. The predicted molar refractivity (Wildman–Crippen MR) is 69.1 cm³/mol. The van der Waals surface area contributed by atoms with Crippen molar-refractivity contribution < 1.29 is 19.4 Å². The zero-order chi connectivity index (χ0) is 14.0. The first-order valence-electron chi connectivity index (χ1n) is 6.20. The summed E-state index contributed by atoms with van der Waals surface area (Å²) in [6.45, 7) is 2.11. The molecule has 1 aliphatic rings. The molecule has 19 heavy (non-hydrogen) atoms.